The summed E-state index contributed by atoms with van der Waals surface area (Å²) in [6.45, 7) is 3.15. The van der Waals surface area contributed by atoms with E-state index in [1.165, 1.54) is 12.1 Å². The molecule has 0 aliphatic carbocycles. The molecule has 0 aliphatic rings. The average molecular weight is 438 g/mol. The molecule has 0 aliphatic heterocycles. The highest BCUT2D eigenvalue weighted by atomic mass is 32.2. The normalized spacial score (nSPS) is 11.0. The van der Waals surface area contributed by atoms with Gasteiger partial charge in [-0.05, 0) is 61.4 Å². The van der Waals surface area contributed by atoms with Crippen molar-refractivity contribution in [2.45, 2.75) is 18.2 Å². The molecule has 31 heavy (non-hydrogen) atoms. The molecule has 3 aromatic rings. The van der Waals surface area contributed by atoms with E-state index in [0.29, 0.717) is 23.4 Å². The van der Waals surface area contributed by atoms with Gasteiger partial charge in [-0.3, -0.25) is 9.52 Å². The molecule has 7 heteroatoms. The molecule has 0 saturated heterocycles. The van der Waals surface area contributed by atoms with Crippen molar-refractivity contribution in [2.24, 2.45) is 0 Å². The van der Waals surface area contributed by atoms with E-state index in [1.807, 2.05) is 25.2 Å². The standard InChI is InChI=1S/C24H27N3O3S/c1-19-18-20(14-15-23(19)26-31(29,30)22-12-7-4-8-13-22)24(28)25-16-9-17-27(2)21-10-5-3-6-11-21/h3-8,10-15,18,26H,9,16-17H2,1-2H3,(H,25,28). The van der Waals surface area contributed by atoms with Crippen molar-refractivity contribution < 1.29 is 13.2 Å². The second kappa shape index (κ2) is 10.1. The van der Waals surface area contributed by atoms with Crippen LogP contribution in [0.15, 0.2) is 83.8 Å². The Bertz CT molecular complexity index is 1120. The summed E-state index contributed by atoms with van der Waals surface area (Å²) in [5.74, 6) is -0.178. The molecule has 0 unspecified atom stereocenters. The largest absolute Gasteiger partial charge is 0.375 e. The van der Waals surface area contributed by atoms with E-state index in [9.17, 15) is 13.2 Å². The topological polar surface area (TPSA) is 78.5 Å². The molecule has 0 aromatic heterocycles. The maximum absolute atomic E-state index is 12.5. The number of rotatable bonds is 9. The van der Waals surface area contributed by atoms with Crippen molar-refractivity contribution in [3.05, 3.63) is 90.0 Å². The Morgan fingerprint density at radius 2 is 1.58 bits per heavy atom. The van der Waals surface area contributed by atoms with Gasteiger partial charge in [0.2, 0.25) is 0 Å². The lowest BCUT2D eigenvalue weighted by Crippen LogP contribution is -2.28. The number of hydrogen-bond donors (Lipinski definition) is 2. The molecule has 3 aromatic carbocycles. The van der Waals surface area contributed by atoms with Gasteiger partial charge in [-0.25, -0.2) is 8.42 Å². The summed E-state index contributed by atoms with van der Waals surface area (Å²) in [7, 11) is -1.65. The van der Waals surface area contributed by atoms with E-state index in [2.05, 4.69) is 27.1 Å². The fourth-order valence-corrected chi connectivity index (χ4v) is 4.31. The monoisotopic (exact) mass is 437 g/mol. The third-order valence-electron chi connectivity index (χ3n) is 4.94. The molecular weight excluding hydrogens is 410 g/mol. The number of hydrogen-bond acceptors (Lipinski definition) is 4. The molecule has 162 valence electrons. The third-order valence-corrected chi connectivity index (χ3v) is 6.32. The minimum Gasteiger partial charge on any atom is -0.375 e. The van der Waals surface area contributed by atoms with E-state index in [0.717, 1.165) is 18.7 Å². The molecule has 6 nitrogen and oxygen atoms in total. The molecule has 0 spiro atoms. The molecule has 0 radical (unpaired) electrons. The van der Waals surface area contributed by atoms with Crippen LogP contribution in [0.4, 0.5) is 11.4 Å². The van der Waals surface area contributed by atoms with E-state index in [1.54, 1.807) is 43.3 Å². The lowest BCUT2D eigenvalue weighted by molar-refractivity contribution is 0.0953. The summed E-state index contributed by atoms with van der Waals surface area (Å²) >= 11 is 0. The number of nitrogens with zero attached hydrogens (tertiary/aromatic N) is 1. The van der Waals surface area contributed by atoms with Crippen molar-refractivity contribution in [3.63, 3.8) is 0 Å². The fourth-order valence-electron chi connectivity index (χ4n) is 3.15. The van der Waals surface area contributed by atoms with Crippen LogP contribution >= 0.6 is 0 Å². The van der Waals surface area contributed by atoms with E-state index in [-0.39, 0.29) is 10.8 Å². The second-order valence-corrected chi connectivity index (χ2v) is 9.00. The van der Waals surface area contributed by atoms with Crippen LogP contribution in [0.25, 0.3) is 0 Å². The number of aryl methyl sites for hydroxylation is 1. The van der Waals surface area contributed by atoms with Crippen LogP contribution in [0.3, 0.4) is 0 Å². The number of sulfonamides is 1. The zero-order valence-corrected chi connectivity index (χ0v) is 18.5. The molecule has 3 rings (SSSR count). The highest BCUT2D eigenvalue weighted by molar-refractivity contribution is 7.92. The Hall–Kier alpha value is -3.32. The summed E-state index contributed by atoms with van der Waals surface area (Å²) in [4.78, 5) is 14.8. The number of anilines is 2. The molecule has 2 N–H and O–H groups in total. The molecular formula is C24H27N3O3S. The Kier molecular flexibility index (Phi) is 7.31. The number of nitrogens with one attached hydrogen (secondary N) is 2. The zero-order valence-electron chi connectivity index (χ0n) is 17.7. The SMILES string of the molecule is Cc1cc(C(=O)NCCCN(C)c2ccccc2)ccc1NS(=O)(=O)c1ccccc1. The summed E-state index contributed by atoms with van der Waals surface area (Å²) in [5.41, 5.74) is 2.76. The smallest absolute Gasteiger partial charge is 0.261 e. The van der Waals surface area contributed by atoms with Crippen molar-refractivity contribution in [1.29, 1.82) is 0 Å². The zero-order chi connectivity index (χ0) is 22.3. The first-order valence-corrected chi connectivity index (χ1v) is 11.6. The van der Waals surface area contributed by atoms with Gasteiger partial charge in [-0.2, -0.15) is 0 Å². The first-order chi connectivity index (χ1) is 14.9. The van der Waals surface area contributed by atoms with Crippen LogP contribution in [-0.2, 0) is 10.0 Å². The van der Waals surface area contributed by atoms with E-state index >= 15 is 0 Å². The third kappa shape index (κ3) is 6.08. The van der Waals surface area contributed by atoms with Crippen LogP contribution < -0.4 is 14.9 Å². The molecule has 0 fully saturated rings. The van der Waals surface area contributed by atoms with Crippen LogP contribution in [0, 0.1) is 6.92 Å². The maximum Gasteiger partial charge on any atom is 0.261 e. The first-order valence-electron chi connectivity index (χ1n) is 10.1. The number of benzene rings is 3. The van der Waals surface area contributed by atoms with Gasteiger partial charge in [0.1, 0.15) is 0 Å². The lowest BCUT2D eigenvalue weighted by Gasteiger charge is -2.19. The Labute approximate surface area is 184 Å². The van der Waals surface area contributed by atoms with Crippen LogP contribution in [0.2, 0.25) is 0 Å². The van der Waals surface area contributed by atoms with E-state index in [4.69, 9.17) is 0 Å². The predicted octanol–water partition coefficient (Wildman–Crippen LogP) is 4.05. The summed E-state index contributed by atoms with van der Waals surface area (Å²) in [6, 6.07) is 23.2. The number of carbonyl (C=O) groups excluding carboxylic acids is 1. The van der Waals surface area contributed by atoms with Gasteiger partial charge in [-0.15, -0.1) is 0 Å². The van der Waals surface area contributed by atoms with Crippen molar-refractivity contribution in [3.8, 4) is 0 Å². The summed E-state index contributed by atoms with van der Waals surface area (Å²) in [6.07, 6.45) is 0.811. The Morgan fingerprint density at radius 1 is 0.935 bits per heavy atom. The van der Waals surface area contributed by atoms with Gasteiger partial charge in [0.15, 0.2) is 0 Å². The van der Waals surface area contributed by atoms with Gasteiger partial charge >= 0.3 is 0 Å². The predicted molar refractivity (Wildman–Crippen MR) is 125 cm³/mol. The molecule has 0 bridgehead atoms. The average Bonchev–Trinajstić information content (AvgIpc) is 2.79. The number of amides is 1. The Balaban J connectivity index is 1.54. The van der Waals surface area contributed by atoms with E-state index < -0.39 is 10.0 Å². The fraction of sp³-hybridized carbons (Fsp3) is 0.208. The first kappa shape index (κ1) is 22.4. The lowest BCUT2D eigenvalue weighted by atomic mass is 10.1. The van der Waals surface area contributed by atoms with Crippen LogP contribution in [-0.4, -0.2) is 34.5 Å². The van der Waals surface area contributed by atoms with Gasteiger partial charge in [0.05, 0.1) is 10.6 Å². The van der Waals surface area contributed by atoms with Crippen molar-refractivity contribution in [2.75, 3.05) is 29.8 Å². The Morgan fingerprint density at radius 3 is 2.23 bits per heavy atom. The van der Waals surface area contributed by atoms with Gasteiger partial charge in [0, 0.05) is 31.4 Å². The maximum atomic E-state index is 12.5. The molecule has 0 heterocycles. The van der Waals surface area contributed by atoms with Gasteiger partial charge in [0.25, 0.3) is 15.9 Å². The summed E-state index contributed by atoms with van der Waals surface area (Å²) < 4.78 is 27.6. The molecule has 0 atom stereocenters. The van der Waals surface area contributed by atoms with Gasteiger partial charge < -0.3 is 10.2 Å². The minimum atomic E-state index is -3.67. The number of para-hydroxylation sites is 1. The van der Waals surface area contributed by atoms with Crippen LogP contribution in [0.1, 0.15) is 22.3 Å². The highest BCUT2D eigenvalue weighted by Gasteiger charge is 2.15. The minimum absolute atomic E-state index is 0.178. The molecule has 1 amide bonds. The van der Waals surface area contributed by atoms with Crippen molar-refractivity contribution >= 4 is 27.3 Å². The van der Waals surface area contributed by atoms with Gasteiger partial charge in [-0.1, -0.05) is 36.4 Å². The summed E-state index contributed by atoms with van der Waals surface area (Å²) in [5, 5.41) is 2.92. The number of carbonyl (C=O) groups is 1. The quantitative estimate of drug-likeness (QED) is 0.495. The second-order valence-electron chi connectivity index (χ2n) is 7.31. The molecule has 0 saturated carbocycles. The van der Waals surface area contributed by atoms with Crippen molar-refractivity contribution in [1.82, 2.24) is 5.32 Å². The van der Waals surface area contributed by atoms with Crippen LogP contribution in [0.5, 0.6) is 0 Å². The highest BCUT2D eigenvalue weighted by Crippen LogP contribution is 2.21.